The molecule has 2 nitrogen and oxygen atoms in total. The van der Waals surface area contributed by atoms with E-state index >= 15 is 0 Å². The van der Waals surface area contributed by atoms with E-state index in [0.717, 1.165) is 22.8 Å². The van der Waals surface area contributed by atoms with Gasteiger partial charge >= 0.3 is 0 Å². The normalized spacial score (nSPS) is 17.3. The fourth-order valence-electron chi connectivity index (χ4n) is 0.412. The first kappa shape index (κ1) is 5.61. The number of rotatable bonds is 3. The van der Waals surface area contributed by atoms with E-state index in [4.69, 9.17) is 4.11 Å². The Morgan fingerprint density at radius 1 is 1.60 bits per heavy atom. The summed E-state index contributed by atoms with van der Waals surface area (Å²) in [5.74, 6) is 0.556. The second-order valence-electron chi connectivity index (χ2n) is 3.15. The third-order valence-electron chi connectivity index (χ3n) is 0.995. The van der Waals surface area contributed by atoms with Gasteiger partial charge in [-0.15, -0.1) is 0 Å². The molecule has 0 aromatic rings. The average Bonchev–Trinajstić information content (AvgIpc) is 1.82. The molecule has 0 N–H and O–H groups in total. The molecule has 0 saturated heterocycles. The van der Waals surface area contributed by atoms with Crippen molar-refractivity contribution in [3.8, 4) is 0 Å². The summed E-state index contributed by atoms with van der Waals surface area (Å²) in [5.41, 5.74) is 0. The molecule has 0 spiro atoms. The predicted molar refractivity (Wildman–Crippen MR) is 46.0 cm³/mol. The van der Waals surface area contributed by atoms with Crippen LogP contribution in [0.25, 0.3) is 0 Å². The van der Waals surface area contributed by atoms with Crippen LogP contribution in [0.5, 0.6) is 0 Å². The minimum Gasteiger partial charge on any atom is -0.330 e. The van der Waals surface area contributed by atoms with Crippen LogP contribution in [-0.2, 0) is 4.79 Å². The maximum absolute atomic E-state index is 10.9. The molecule has 0 fully saturated rings. The summed E-state index contributed by atoms with van der Waals surface area (Å²) in [6.07, 6.45) is 0. The molecule has 0 unspecified atom stereocenters. The van der Waals surface area contributed by atoms with Crippen molar-refractivity contribution >= 4 is 16.9 Å². The molecule has 0 radical (unpaired) electrons. The molecule has 0 saturated carbocycles. The molecule has 0 atom stereocenters. The second kappa shape index (κ2) is 3.98. The first-order valence-corrected chi connectivity index (χ1v) is 4.09. The Balaban J connectivity index is 3.74. The maximum atomic E-state index is 10.9. The van der Waals surface area contributed by atoms with Gasteiger partial charge in [0, 0.05) is 11.0 Å². The quantitative estimate of drug-likeness (QED) is 0.580. The van der Waals surface area contributed by atoms with Crippen LogP contribution >= 0.6 is 11.8 Å². The molecule has 0 aliphatic carbocycles. The van der Waals surface area contributed by atoms with Crippen LogP contribution in [0.1, 0.15) is 11.0 Å². The van der Waals surface area contributed by atoms with Gasteiger partial charge in [-0.3, -0.25) is 4.79 Å². The molecule has 0 rings (SSSR count). The molecule has 0 aliphatic rings. The highest BCUT2D eigenvalue weighted by molar-refractivity contribution is 8.13. The highest BCUT2D eigenvalue weighted by Crippen LogP contribution is 2.02. The van der Waals surface area contributed by atoms with Crippen LogP contribution in [0.4, 0.5) is 0 Å². The number of thioether (sulfide) groups is 1. The van der Waals surface area contributed by atoms with Crippen LogP contribution in [-0.4, -0.2) is 43.0 Å². The van der Waals surface area contributed by atoms with Gasteiger partial charge in [0.2, 0.25) is 0 Å². The molecule has 10 heavy (non-hydrogen) atoms. The molecule has 0 heterocycles. The van der Waals surface area contributed by atoms with Crippen molar-refractivity contribution in [2.75, 3.05) is 33.4 Å². The van der Waals surface area contributed by atoms with Gasteiger partial charge in [-0.05, 0) is 0 Å². The Hall–Kier alpha value is -0.0200. The van der Waals surface area contributed by atoms with E-state index in [9.17, 15) is 4.79 Å². The standard InChI is InChI=1S/C7H16NOS/c1-7(9)10-6-5-8(2,3)4/h5-6H2,1-4H3/q+1/i1D3. The van der Waals surface area contributed by atoms with Crippen molar-refractivity contribution < 1.29 is 13.4 Å². The van der Waals surface area contributed by atoms with Gasteiger partial charge in [-0.2, -0.15) is 0 Å². The lowest BCUT2D eigenvalue weighted by atomic mass is 10.6. The van der Waals surface area contributed by atoms with E-state index in [-0.39, 0.29) is 0 Å². The van der Waals surface area contributed by atoms with E-state index in [2.05, 4.69) is 0 Å². The van der Waals surface area contributed by atoms with E-state index in [1.165, 1.54) is 0 Å². The van der Waals surface area contributed by atoms with Crippen molar-refractivity contribution in [2.45, 2.75) is 6.85 Å². The average molecular weight is 165 g/mol. The zero-order valence-electron chi connectivity index (χ0n) is 9.68. The van der Waals surface area contributed by atoms with Crippen LogP contribution < -0.4 is 0 Å². The number of carbonyl (C=O) groups is 1. The van der Waals surface area contributed by atoms with Crippen LogP contribution in [0.3, 0.4) is 0 Å². The van der Waals surface area contributed by atoms with Crippen molar-refractivity contribution in [3.63, 3.8) is 0 Å². The summed E-state index contributed by atoms with van der Waals surface area (Å²) in [7, 11) is 6.00. The van der Waals surface area contributed by atoms with Gasteiger partial charge in [0.15, 0.2) is 5.12 Å². The first-order valence-electron chi connectivity index (χ1n) is 4.60. The fraction of sp³-hybridized carbons (Fsp3) is 0.857. The Morgan fingerprint density at radius 3 is 2.60 bits per heavy atom. The van der Waals surface area contributed by atoms with E-state index < -0.39 is 12.0 Å². The molecule has 60 valence electrons. The zero-order valence-corrected chi connectivity index (χ0v) is 7.49. The monoisotopic (exact) mass is 165 g/mol. The molecular weight excluding hydrogens is 146 g/mol. The highest BCUT2D eigenvalue weighted by Gasteiger charge is 2.06. The summed E-state index contributed by atoms with van der Waals surface area (Å²) < 4.78 is 21.2. The van der Waals surface area contributed by atoms with E-state index in [1.54, 1.807) is 0 Å². The van der Waals surface area contributed by atoms with Gasteiger partial charge in [-0.1, -0.05) is 11.8 Å². The smallest absolute Gasteiger partial charge is 0.186 e. The largest absolute Gasteiger partial charge is 0.330 e. The molecule has 3 heteroatoms. The highest BCUT2D eigenvalue weighted by atomic mass is 32.2. The zero-order chi connectivity index (χ0) is 10.7. The van der Waals surface area contributed by atoms with Gasteiger partial charge in [-0.25, -0.2) is 0 Å². The SMILES string of the molecule is [2H]C([2H])([2H])C(=O)SCC[N+](C)(C)C. The second-order valence-corrected chi connectivity index (χ2v) is 4.22. The van der Waals surface area contributed by atoms with Gasteiger partial charge in [0.05, 0.1) is 33.4 Å². The van der Waals surface area contributed by atoms with Crippen molar-refractivity contribution in [1.82, 2.24) is 0 Å². The minimum atomic E-state index is -2.45. The molecular formula is C7H16NOS+. The first-order chi connectivity index (χ1) is 5.63. The van der Waals surface area contributed by atoms with Crippen molar-refractivity contribution in [1.29, 1.82) is 0 Å². The Kier molecular flexibility index (Phi) is 2.23. The summed E-state index contributed by atoms with van der Waals surface area (Å²) >= 11 is 0.893. The third kappa shape index (κ3) is 7.98. The molecule has 0 aromatic heterocycles. The van der Waals surface area contributed by atoms with Crippen LogP contribution in [0.2, 0.25) is 0 Å². The number of carbonyl (C=O) groups excluding carboxylic acids is 1. The Labute approximate surface area is 71.4 Å². The van der Waals surface area contributed by atoms with Crippen molar-refractivity contribution in [2.24, 2.45) is 0 Å². The fourth-order valence-corrected chi connectivity index (χ4v) is 1.24. The summed E-state index contributed by atoms with van der Waals surface area (Å²) in [6.45, 7) is -1.66. The third-order valence-corrected chi connectivity index (χ3v) is 1.64. The Bertz CT molecular complexity index is 185. The minimum absolute atomic E-state index is 0.556. The molecule has 0 amide bonds. The summed E-state index contributed by atoms with van der Waals surface area (Å²) in [4.78, 5) is 10.9. The van der Waals surface area contributed by atoms with Gasteiger partial charge < -0.3 is 4.48 Å². The lowest BCUT2D eigenvalue weighted by Crippen LogP contribution is -2.36. The maximum Gasteiger partial charge on any atom is 0.186 e. The lowest BCUT2D eigenvalue weighted by Gasteiger charge is -2.22. The van der Waals surface area contributed by atoms with Gasteiger partial charge in [0.25, 0.3) is 0 Å². The number of hydrogen-bond acceptors (Lipinski definition) is 2. The summed E-state index contributed by atoms with van der Waals surface area (Å²) in [6, 6.07) is 0. The molecule has 0 aromatic carbocycles. The predicted octanol–water partition coefficient (Wildman–Crippen LogP) is 0.972. The molecule has 0 bridgehead atoms. The molecule has 0 aliphatic heterocycles. The van der Waals surface area contributed by atoms with Crippen molar-refractivity contribution in [3.05, 3.63) is 0 Å². The lowest BCUT2D eigenvalue weighted by molar-refractivity contribution is -0.867. The number of nitrogens with zero attached hydrogens (tertiary/aromatic N) is 1. The van der Waals surface area contributed by atoms with Crippen LogP contribution in [0.15, 0.2) is 0 Å². The van der Waals surface area contributed by atoms with E-state index in [1.807, 2.05) is 21.1 Å². The number of hydrogen-bond donors (Lipinski definition) is 0. The van der Waals surface area contributed by atoms with E-state index in [0.29, 0.717) is 5.75 Å². The van der Waals surface area contributed by atoms with Crippen LogP contribution in [0, 0.1) is 0 Å². The summed E-state index contributed by atoms with van der Waals surface area (Å²) in [5, 5.41) is -0.707. The number of quaternary nitrogens is 1. The Morgan fingerprint density at radius 2 is 2.20 bits per heavy atom. The van der Waals surface area contributed by atoms with Gasteiger partial charge in [0.1, 0.15) is 0 Å². The topological polar surface area (TPSA) is 17.1 Å².